The second kappa shape index (κ2) is 6.46. The lowest BCUT2D eigenvalue weighted by Gasteiger charge is -2.27. The highest BCUT2D eigenvalue weighted by Gasteiger charge is 2.35. The van der Waals surface area contributed by atoms with Crippen molar-refractivity contribution in [3.05, 3.63) is 11.4 Å². The van der Waals surface area contributed by atoms with Crippen LogP contribution in [0, 0.1) is 6.92 Å². The number of carbonyl (C=O) groups is 2. The van der Waals surface area contributed by atoms with Crippen molar-refractivity contribution in [1.29, 1.82) is 0 Å². The van der Waals surface area contributed by atoms with Gasteiger partial charge in [0.15, 0.2) is 5.69 Å². The maximum absolute atomic E-state index is 12.3. The lowest BCUT2D eigenvalue weighted by atomic mass is 10.1. The third kappa shape index (κ3) is 3.13. The zero-order valence-electron chi connectivity index (χ0n) is 12.9. The van der Waals surface area contributed by atoms with Crippen LogP contribution in [0.1, 0.15) is 61.1 Å². The van der Waals surface area contributed by atoms with Gasteiger partial charge in [-0.1, -0.05) is 30.8 Å². The average Bonchev–Trinajstić information content (AvgIpc) is 2.95. The van der Waals surface area contributed by atoms with E-state index < -0.39 is 0 Å². The Morgan fingerprint density at radius 1 is 1.23 bits per heavy atom. The van der Waals surface area contributed by atoms with Crippen LogP contribution < -0.4 is 5.32 Å². The van der Waals surface area contributed by atoms with Crippen molar-refractivity contribution in [2.75, 3.05) is 6.54 Å². The predicted molar refractivity (Wildman–Crippen MR) is 78.1 cm³/mol. The van der Waals surface area contributed by atoms with Gasteiger partial charge in [-0.25, -0.2) is 4.63 Å². The molecule has 1 aliphatic carbocycles. The summed E-state index contributed by atoms with van der Waals surface area (Å²) < 4.78 is 4.54. The van der Waals surface area contributed by atoms with Crippen LogP contribution in [0.25, 0.3) is 0 Å². The number of amides is 2. The Labute approximate surface area is 129 Å². The highest BCUT2D eigenvalue weighted by Crippen LogP contribution is 2.25. The van der Waals surface area contributed by atoms with Gasteiger partial charge in [0.25, 0.3) is 5.91 Å². The molecule has 1 saturated heterocycles. The van der Waals surface area contributed by atoms with Crippen LogP contribution in [0.4, 0.5) is 0 Å². The molecule has 1 atom stereocenters. The summed E-state index contributed by atoms with van der Waals surface area (Å²) in [5.74, 6) is -0.175. The molecule has 0 unspecified atom stereocenters. The maximum atomic E-state index is 12.3. The van der Waals surface area contributed by atoms with Crippen molar-refractivity contribution in [2.24, 2.45) is 0 Å². The molecule has 0 aromatic carbocycles. The second-order valence-electron chi connectivity index (χ2n) is 6.26. The third-order valence-corrected chi connectivity index (χ3v) is 4.63. The van der Waals surface area contributed by atoms with Crippen LogP contribution in [-0.4, -0.2) is 45.7 Å². The first-order valence-electron chi connectivity index (χ1n) is 8.04. The van der Waals surface area contributed by atoms with E-state index in [4.69, 9.17) is 0 Å². The molecular formula is C15H22N4O3. The van der Waals surface area contributed by atoms with Gasteiger partial charge in [0, 0.05) is 19.0 Å². The molecule has 7 nitrogen and oxygen atoms in total. The Kier molecular flexibility index (Phi) is 4.40. The molecule has 2 heterocycles. The van der Waals surface area contributed by atoms with E-state index >= 15 is 0 Å². The monoisotopic (exact) mass is 306 g/mol. The van der Waals surface area contributed by atoms with Crippen molar-refractivity contribution in [3.8, 4) is 0 Å². The van der Waals surface area contributed by atoms with Gasteiger partial charge in [-0.15, -0.1) is 0 Å². The minimum absolute atomic E-state index is 0.146. The largest absolute Gasteiger partial charge is 0.345 e. The third-order valence-electron chi connectivity index (χ3n) is 4.63. The SMILES string of the molecule is Cc1nonc1C(=O)N[C@@H]1CC(=O)N(C2CCCCCC2)C1. The van der Waals surface area contributed by atoms with E-state index in [0.29, 0.717) is 24.7 Å². The number of aromatic nitrogens is 2. The first-order valence-corrected chi connectivity index (χ1v) is 8.04. The summed E-state index contributed by atoms with van der Waals surface area (Å²) in [5, 5.41) is 10.1. The minimum Gasteiger partial charge on any atom is -0.345 e. The zero-order valence-corrected chi connectivity index (χ0v) is 12.9. The lowest BCUT2D eigenvalue weighted by Crippen LogP contribution is -2.40. The smallest absolute Gasteiger partial charge is 0.275 e. The Morgan fingerprint density at radius 3 is 2.59 bits per heavy atom. The molecule has 2 fully saturated rings. The predicted octanol–water partition coefficient (Wildman–Crippen LogP) is 1.43. The van der Waals surface area contributed by atoms with E-state index in [0.717, 1.165) is 12.8 Å². The van der Waals surface area contributed by atoms with E-state index in [1.54, 1.807) is 6.92 Å². The van der Waals surface area contributed by atoms with Crippen molar-refractivity contribution in [1.82, 2.24) is 20.5 Å². The zero-order chi connectivity index (χ0) is 15.5. The maximum Gasteiger partial charge on any atom is 0.275 e. The number of hydrogen-bond acceptors (Lipinski definition) is 5. The lowest BCUT2D eigenvalue weighted by molar-refractivity contribution is -0.129. The Morgan fingerprint density at radius 2 is 1.95 bits per heavy atom. The number of carbonyl (C=O) groups excluding carboxylic acids is 2. The van der Waals surface area contributed by atoms with Crippen LogP contribution in [0.5, 0.6) is 0 Å². The highest BCUT2D eigenvalue weighted by molar-refractivity contribution is 5.94. The molecule has 2 amide bonds. The van der Waals surface area contributed by atoms with Crippen LogP contribution in [0.3, 0.4) is 0 Å². The summed E-state index contributed by atoms with van der Waals surface area (Å²) in [5.41, 5.74) is 0.655. The van der Waals surface area contributed by atoms with Gasteiger partial charge in [-0.05, 0) is 24.9 Å². The molecule has 1 saturated carbocycles. The first kappa shape index (κ1) is 15.0. The van der Waals surface area contributed by atoms with Crippen molar-refractivity contribution < 1.29 is 14.2 Å². The van der Waals surface area contributed by atoms with Gasteiger partial charge >= 0.3 is 0 Å². The fourth-order valence-electron chi connectivity index (χ4n) is 3.44. The normalized spacial score (nSPS) is 23.6. The summed E-state index contributed by atoms with van der Waals surface area (Å²) in [6.07, 6.45) is 7.43. The number of nitrogens with zero attached hydrogens (tertiary/aromatic N) is 3. The van der Waals surface area contributed by atoms with Gasteiger partial charge in [-0.2, -0.15) is 0 Å². The van der Waals surface area contributed by atoms with Gasteiger partial charge in [-0.3, -0.25) is 9.59 Å². The van der Waals surface area contributed by atoms with Crippen LogP contribution in [-0.2, 0) is 4.79 Å². The van der Waals surface area contributed by atoms with E-state index in [1.165, 1.54) is 25.7 Å². The topological polar surface area (TPSA) is 88.3 Å². The Bertz CT molecular complexity index is 549. The Balaban J connectivity index is 1.59. The number of aryl methyl sites for hydroxylation is 1. The molecule has 7 heteroatoms. The van der Waals surface area contributed by atoms with E-state index in [1.807, 2.05) is 4.90 Å². The fourth-order valence-corrected chi connectivity index (χ4v) is 3.44. The highest BCUT2D eigenvalue weighted by atomic mass is 16.6. The van der Waals surface area contributed by atoms with E-state index in [9.17, 15) is 9.59 Å². The molecule has 0 radical (unpaired) electrons. The Hall–Kier alpha value is -1.92. The number of likely N-dealkylation sites (tertiary alicyclic amines) is 1. The van der Waals surface area contributed by atoms with E-state index in [-0.39, 0.29) is 23.6 Å². The molecule has 1 aliphatic heterocycles. The molecule has 0 spiro atoms. The minimum atomic E-state index is -0.320. The molecule has 120 valence electrons. The van der Waals surface area contributed by atoms with Crippen LogP contribution in [0.2, 0.25) is 0 Å². The summed E-state index contributed by atoms with van der Waals surface area (Å²) in [4.78, 5) is 26.3. The van der Waals surface area contributed by atoms with E-state index in [2.05, 4.69) is 20.3 Å². The van der Waals surface area contributed by atoms with Crippen molar-refractivity contribution in [3.63, 3.8) is 0 Å². The van der Waals surface area contributed by atoms with Crippen LogP contribution in [0.15, 0.2) is 4.63 Å². The molecular weight excluding hydrogens is 284 g/mol. The molecule has 2 aliphatic rings. The van der Waals surface area contributed by atoms with Gasteiger partial charge in [0.1, 0.15) is 5.69 Å². The first-order chi connectivity index (χ1) is 10.6. The summed E-state index contributed by atoms with van der Waals surface area (Å²) in [7, 11) is 0. The standard InChI is InChI=1S/C15H22N4O3/c1-10-14(18-22-17-10)15(21)16-11-8-13(20)19(9-11)12-6-4-2-3-5-7-12/h11-12H,2-9H2,1H3,(H,16,21)/t11-/m1/s1. The number of hydrogen-bond donors (Lipinski definition) is 1. The molecule has 1 aromatic rings. The summed E-state index contributed by atoms with van der Waals surface area (Å²) in [6.45, 7) is 2.27. The quantitative estimate of drug-likeness (QED) is 0.853. The molecule has 1 aromatic heterocycles. The molecule has 22 heavy (non-hydrogen) atoms. The van der Waals surface area contributed by atoms with Crippen molar-refractivity contribution >= 4 is 11.8 Å². The molecule has 1 N–H and O–H groups in total. The summed E-state index contributed by atoms with van der Waals surface area (Å²) in [6, 6.07) is 0.187. The molecule has 0 bridgehead atoms. The average molecular weight is 306 g/mol. The molecule has 3 rings (SSSR count). The van der Waals surface area contributed by atoms with Gasteiger partial charge < -0.3 is 10.2 Å². The second-order valence-corrected chi connectivity index (χ2v) is 6.26. The number of nitrogens with one attached hydrogen (secondary N) is 1. The van der Waals surface area contributed by atoms with Crippen molar-refractivity contribution in [2.45, 2.75) is 64.0 Å². The van der Waals surface area contributed by atoms with Gasteiger partial charge in [0.2, 0.25) is 5.91 Å². The van der Waals surface area contributed by atoms with Gasteiger partial charge in [0.05, 0.1) is 6.04 Å². The number of rotatable bonds is 3. The fraction of sp³-hybridized carbons (Fsp3) is 0.733. The van der Waals surface area contributed by atoms with Crippen LogP contribution >= 0.6 is 0 Å². The summed E-state index contributed by atoms with van der Waals surface area (Å²) >= 11 is 0.